The summed E-state index contributed by atoms with van der Waals surface area (Å²) in [5.41, 5.74) is 0.838. The molecule has 0 aliphatic rings. The third-order valence-corrected chi connectivity index (χ3v) is 3.33. The lowest BCUT2D eigenvalue weighted by molar-refractivity contribution is -0.131. The molecule has 1 aromatic rings. The smallest absolute Gasteiger partial charge is 0.225 e. The van der Waals surface area contributed by atoms with Crippen LogP contribution in [0.5, 0.6) is 0 Å². The van der Waals surface area contributed by atoms with Crippen molar-refractivity contribution in [1.29, 1.82) is 0 Å². The maximum Gasteiger partial charge on any atom is 0.225 e. The van der Waals surface area contributed by atoms with Crippen LogP contribution in [-0.4, -0.2) is 29.8 Å². The van der Waals surface area contributed by atoms with Gasteiger partial charge in [0, 0.05) is 25.0 Å². The number of carbonyl (C=O) groups excluding carboxylic acids is 2. The second kappa shape index (κ2) is 9.05. The van der Waals surface area contributed by atoms with E-state index in [-0.39, 0.29) is 24.3 Å². The zero-order valence-corrected chi connectivity index (χ0v) is 13.5. The summed E-state index contributed by atoms with van der Waals surface area (Å²) >= 11 is 5.88. The van der Waals surface area contributed by atoms with Crippen molar-refractivity contribution in [3.8, 4) is 0 Å². The van der Waals surface area contributed by atoms with E-state index in [9.17, 15) is 9.59 Å². The fraction of sp³-hybridized carbons (Fsp3) is 0.294. The standard InChI is InChI=1S/C17H21ClN2O2/c1-4-10-20(11-5-2)17(22)12-16(19-13(3)21)14-6-8-15(18)9-7-14/h4-9,16H,1-2,10-12H2,3H3,(H,19,21). The zero-order valence-electron chi connectivity index (χ0n) is 12.7. The summed E-state index contributed by atoms with van der Waals surface area (Å²) in [5.74, 6) is -0.264. The van der Waals surface area contributed by atoms with E-state index in [1.807, 2.05) is 12.1 Å². The average Bonchev–Trinajstić information content (AvgIpc) is 2.46. The number of halogens is 1. The Labute approximate surface area is 136 Å². The Morgan fingerprint density at radius 2 is 1.77 bits per heavy atom. The molecule has 0 radical (unpaired) electrons. The van der Waals surface area contributed by atoms with Crippen LogP contribution >= 0.6 is 11.6 Å². The topological polar surface area (TPSA) is 49.4 Å². The minimum Gasteiger partial charge on any atom is -0.349 e. The molecule has 0 aliphatic carbocycles. The Bertz CT molecular complexity index is 530. The van der Waals surface area contributed by atoms with Crippen molar-refractivity contribution in [2.45, 2.75) is 19.4 Å². The fourth-order valence-electron chi connectivity index (χ4n) is 2.09. The fourth-order valence-corrected chi connectivity index (χ4v) is 2.21. The van der Waals surface area contributed by atoms with Crippen LogP contribution in [-0.2, 0) is 9.59 Å². The third kappa shape index (κ3) is 5.74. The molecule has 22 heavy (non-hydrogen) atoms. The molecule has 0 fully saturated rings. The van der Waals surface area contributed by atoms with E-state index in [1.165, 1.54) is 6.92 Å². The molecule has 1 rings (SSSR count). The second-order valence-corrected chi connectivity index (χ2v) is 5.32. The lowest BCUT2D eigenvalue weighted by atomic mass is 10.0. The van der Waals surface area contributed by atoms with E-state index in [0.717, 1.165) is 5.56 Å². The van der Waals surface area contributed by atoms with Gasteiger partial charge in [0.15, 0.2) is 0 Å². The Hall–Kier alpha value is -2.07. The summed E-state index contributed by atoms with van der Waals surface area (Å²) in [7, 11) is 0. The molecular formula is C17H21ClN2O2. The Balaban J connectivity index is 2.90. The molecule has 4 nitrogen and oxygen atoms in total. The van der Waals surface area contributed by atoms with Crippen molar-refractivity contribution in [2.24, 2.45) is 0 Å². The van der Waals surface area contributed by atoms with Crippen LogP contribution in [0.1, 0.15) is 24.9 Å². The van der Waals surface area contributed by atoms with Gasteiger partial charge >= 0.3 is 0 Å². The molecule has 118 valence electrons. The Kier molecular flexibility index (Phi) is 7.40. The number of hydrogen-bond donors (Lipinski definition) is 1. The number of nitrogens with one attached hydrogen (secondary N) is 1. The third-order valence-electron chi connectivity index (χ3n) is 3.08. The van der Waals surface area contributed by atoms with Gasteiger partial charge in [0.2, 0.25) is 11.8 Å². The Morgan fingerprint density at radius 3 is 2.23 bits per heavy atom. The van der Waals surface area contributed by atoms with Gasteiger partial charge < -0.3 is 10.2 Å². The summed E-state index contributed by atoms with van der Waals surface area (Å²) < 4.78 is 0. The minimum absolute atomic E-state index is 0.0755. The summed E-state index contributed by atoms with van der Waals surface area (Å²) in [4.78, 5) is 25.4. The molecular weight excluding hydrogens is 300 g/mol. The van der Waals surface area contributed by atoms with Crippen LogP contribution in [0.2, 0.25) is 5.02 Å². The van der Waals surface area contributed by atoms with Crippen molar-refractivity contribution in [1.82, 2.24) is 10.2 Å². The second-order valence-electron chi connectivity index (χ2n) is 4.88. The monoisotopic (exact) mass is 320 g/mol. The maximum absolute atomic E-state index is 12.4. The van der Waals surface area contributed by atoms with Gasteiger partial charge in [0.25, 0.3) is 0 Å². The van der Waals surface area contributed by atoms with Crippen LogP contribution in [0.3, 0.4) is 0 Å². The highest BCUT2D eigenvalue weighted by Crippen LogP contribution is 2.20. The summed E-state index contributed by atoms with van der Waals surface area (Å²) in [5, 5.41) is 3.41. The van der Waals surface area contributed by atoms with E-state index in [1.54, 1.807) is 29.2 Å². The van der Waals surface area contributed by atoms with Crippen molar-refractivity contribution >= 4 is 23.4 Å². The first kappa shape index (κ1) is 18.0. The molecule has 0 bridgehead atoms. The summed E-state index contributed by atoms with van der Waals surface area (Å²) in [6.45, 7) is 9.61. The van der Waals surface area contributed by atoms with Gasteiger partial charge in [-0.1, -0.05) is 35.9 Å². The number of benzene rings is 1. The molecule has 0 aliphatic heterocycles. The lowest BCUT2D eigenvalue weighted by Crippen LogP contribution is -2.36. The first-order valence-electron chi connectivity index (χ1n) is 7.00. The largest absolute Gasteiger partial charge is 0.349 e. The number of carbonyl (C=O) groups is 2. The molecule has 1 atom stereocenters. The van der Waals surface area contributed by atoms with E-state index >= 15 is 0 Å². The van der Waals surface area contributed by atoms with E-state index in [0.29, 0.717) is 18.1 Å². The van der Waals surface area contributed by atoms with Gasteiger partial charge in [-0.3, -0.25) is 9.59 Å². The normalized spacial score (nSPS) is 11.4. The molecule has 0 aromatic heterocycles. The van der Waals surface area contributed by atoms with Gasteiger partial charge in [-0.05, 0) is 17.7 Å². The van der Waals surface area contributed by atoms with Gasteiger partial charge in [-0.2, -0.15) is 0 Å². The van der Waals surface area contributed by atoms with Gasteiger partial charge in [-0.25, -0.2) is 0 Å². The number of hydrogen-bond acceptors (Lipinski definition) is 2. The van der Waals surface area contributed by atoms with Crippen molar-refractivity contribution in [3.05, 3.63) is 60.2 Å². The Morgan fingerprint density at radius 1 is 1.23 bits per heavy atom. The zero-order chi connectivity index (χ0) is 16.5. The van der Waals surface area contributed by atoms with Crippen LogP contribution < -0.4 is 5.32 Å². The quantitative estimate of drug-likeness (QED) is 0.748. The molecule has 1 aromatic carbocycles. The van der Waals surface area contributed by atoms with Crippen molar-refractivity contribution < 1.29 is 9.59 Å². The van der Waals surface area contributed by atoms with E-state index in [2.05, 4.69) is 18.5 Å². The van der Waals surface area contributed by atoms with Crippen LogP contribution in [0, 0.1) is 0 Å². The highest BCUT2D eigenvalue weighted by Gasteiger charge is 2.20. The number of nitrogens with zero attached hydrogens (tertiary/aromatic N) is 1. The molecule has 1 N–H and O–H groups in total. The van der Waals surface area contributed by atoms with E-state index < -0.39 is 0 Å². The number of rotatable bonds is 8. The van der Waals surface area contributed by atoms with Gasteiger partial charge in [-0.15, -0.1) is 13.2 Å². The first-order valence-corrected chi connectivity index (χ1v) is 7.37. The predicted octanol–water partition coefficient (Wildman–Crippen LogP) is 3.11. The molecule has 1 unspecified atom stereocenters. The highest BCUT2D eigenvalue weighted by atomic mass is 35.5. The first-order chi connectivity index (χ1) is 10.5. The van der Waals surface area contributed by atoms with Gasteiger partial charge in [0.05, 0.1) is 12.5 Å². The van der Waals surface area contributed by atoms with Crippen molar-refractivity contribution in [2.75, 3.05) is 13.1 Å². The van der Waals surface area contributed by atoms with Crippen LogP contribution in [0.25, 0.3) is 0 Å². The molecule has 2 amide bonds. The SMILES string of the molecule is C=CCN(CC=C)C(=O)CC(NC(C)=O)c1ccc(Cl)cc1. The molecule has 0 heterocycles. The lowest BCUT2D eigenvalue weighted by Gasteiger charge is -2.24. The average molecular weight is 321 g/mol. The van der Waals surface area contributed by atoms with Crippen molar-refractivity contribution in [3.63, 3.8) is 0 Å². The highest BCUT2D eigenvalue weighted by molar-refractivity contribution is 6.30. The number of amides is 2. The summed E-state index contributed by atoms with van der Waals surface area (Å²) in [6.07, 6.45) is 3.50. The van der Waals surface area contributed by atoms with Crippen LogP contribution in [0.15, 0.2) is 49.6 Å². The maximum atomic E-state index is 12.4. The van der Waals surface area contributed by atoms with Crippen LogP contribution in [0.4, 0.5) is 0 Å². The molecule has 5 heteroatoms. The van der Waals surface area contributed by atoms with E-state index in [4.69, 9.17) is 11.6 Å². The molecule has 0 saturated heterocycles. The molecule has 0 saturated carbocycles. The molecule has 0 spiro atoms. The minimum atomic E-state index is -0.389. The predicted molar refractivity (Wildman–Crippen MR) is 89.6 cm³/mol. The summed E-state index contributed by atoms with van der Waals surface area (Å²) in [6, 6.07) is 6.70. The van der Waals surface area contributed by atoms with Gasteiger partial charge in [0.1, 0.15) is 0 Å².